The van der Waals surface area contributed by atoms with Crippen molar-refractivity contribution in [1.29, 1.82) is 0 Å². The van der Waals surface area contributed by atoms with Crippen LogP contribution in [0.15, 0.2) is 76.4 Å². The van der Waals surface area contributed by atoms with E-state index in [0.717, 1.165) is 6.20 Å². The topological polar surface area (TPSA) is 130 Å². The minimum absolute atomic E-state index is 0.174. The van der Waals surface area contributed by atoms with Gasteiger partial charge < -0.3 is 14.2 Å². The van der Waals surface area contributed by atoms with Gasteiger partial charge in [-0.1, -0.05) is 36.4 Å². The standard InChI is InChI=1S/C22H18FN3O7/c23-17-18(33-21(29)14-9-5-2-6-10-14)15(12-31-20(28)13-7-3-1-4-8-13)32-19(17)26-22(30)25-16(27)11-24-26/h1-11,15,17-19H,12H2,(H,25,27,30). The number of rotatable bonds is 6. The van der Waals surface area contributed by atoms with Crippen molar-refractivity contribution in [2.45, 2.75) is 24.6 Å². The number of carbonyl (C=O) groups is 2. The predicted molar refractivity (Wildman–Crippen MR) is 110 cm³/mol. The van der Waals surface area contributed by atoms with Crippen LogP contribution < -0.4 is 11.2 Å². The molecule has 0 aliphatic carbocycles. The van der Waals surface area contributed by atoms with E-state index in [-0.39, 0.29) is 11.1 Å². The van der Waals surface area contributed by atoms with Crippen molar-refractivity contribution in [1.82, 2.24) is 14.8 Å². The molecule has 0 spiro atoms. The van der Waals surface area contributed by atoms with Crippen LogP contribution in [0, 0.1) is 0 Å². The van der Waals surface area contributed by atoms with Gasteiger partial charge >= 0.3 is 17.6 Å². The Hall–Kier alpha value is -4.12. The summed E-state index contributed by atoms with van der Waals surface area (Å²) >= 11 is 0. The van der Waals surface area contributed by atoms with Gasteiger partial charge in [-0.25, -0.2) is 18.8 Å². The fourth-order valence-corrected chi connectivity index (χ4v) is 3.29. The number of H-pyrrole nitrogens is 1. The first kappa shape index (κ1) is 22.1. The number of benzene rings is 2. The smallest absolute Gasteiger partial charge is 0.347 e. The third kappa shape index (κ3) is 4.88. The number of halogens is 1. The van der Waals surface area contributed by atoms with Gasteiger partial charge in [0.25, 0.3) is 5.56 Å². The molecule has 3 aromatic rings. The summed E-state index contributed by atoms with van der Waals surface area (Å²) < 4.78 is 32.1. The van der Waals surface area contributed by atoms with Crippen molar-refractivity contribution >= 4 is 11.9 Å². The number of carbonyl (C=O) groups excluding carboxylic acids is 2. The van der Waals surface area contributed by atoms with E-state index in [1.54, 1.807) is 36.4 Å². The molecule has 1 aliphatic heterocycles. The second kappa shape index (κ2) is 9.57. The second-order valence-corrected chi connectivity index (χ2v) is 7.09. The van der Waals surface area contributed by atoms with Gasteiger partial charge in [0, 0.05) is 0 Å². The maximum atomic E-state index is 15.4. The lowest BCUT2D eigenvalue weighted by Gasteiger charge is -2.19. The summed E-state index contributed by atoms with van der Waals surface area (Å²) in [4.78, 5) is 50.1. The fourth-order valence-electron chi connectivity index (χ4n) is 3.29. The molecule has 1 N–H and O–H groups in total. The quantitative estimate of drug-likeness (QED) is 0.550. The first-order valence-electron chi connectivity index (χ1n) is 9.90. The molecule has 0 radical (unpaired) electrons. The van der Waals surface area contributed by atoms with Gasteiger partial charge in [0.2, 0.25) is 0 Å². The molecule has 1 fully saturated rings. The summed E-state index contributed by atoms with van der Waals surface area (Å²) in [6.45, 7) is -0.463. The second-order valence-electron chi connectivity index (χ2n) is 7.09. The monoisotopic (exact) mass is 455 g/mol. The molecule has 10 nitrogen and oxygen atoms in total. The number of ether oxygens (including phenoxy) is 3. The average Bonchev–Trinajstić information content (AvgIpc) is 3.13. The van der Waals surface area contributed by atoms with Crippen LogP contribution in [0.4, 0.5) is 4.39 Å². The highest BCUT2D eigenvalue weighted by Gasteiger charge is 2.50. The Morgan fingerprint density at radius 1 is 1.00 bits per heavy atom. The summed E-state index contributed by atoms with van der Waals surface area (Å²) in [7, 11) is 0. The number of hydrogen-bond donors (Lipinski definition) is 1. The number of esters is 2. The van der Waals surface area contributed by atoms with E-state index < -0.39 is 54.4 Å². The highest BCUT2D eigenvalue weighted by molar-refractivity contribution is 5.90. The highest BCUT2D eigenvalue weighted by Crippen LogP contribution is 2.33. The van der Waals surface area contributed by atoms with Crippen molar-refractivity contribution in [3.05, 3.63) is 98.8 Å². The molecular weight excluding hydrogens is 437 g/mol. The molecule has 1 aromatic heterocycles. The Balaban J connectivity index is 1.56. The summed E-state index contributed by atoms with van der Waals surface area (Å²) in [6.07, 6.45) is -5.65. The Morgan fingerprint density at radius 2 is 1.61 bits per heavy atom. The average molecular weight is 455 g/mol. The molecular formula is C22H18FN3O7. The van der Waals surface area contributed by atoms with Crippen molar-refractivity contribution < 1.29 is 28.2 Å². The lowest BCUT2D eigenvalue weighted by atomic mass is 10.1. The minimum atomic E-state index is -2.05. The largest absolute Gasteiger partial charge is 0.459 e. The maximum Gasteiger partial charge on any atom is 0.347 e. The van der Waals surface area contributed by atoms with Crippen molar-refractivity contribution in [2.24, 2.45) is 0 Å². The van der Waals surface area contributed by atoms with Crippen molar-refractivity contribution in [3.8, 4) is 0 Å². The SMILES string of the molecule is O=C(OCC1OC(n2ncc(=O)[nH]c2=O)C(F)C1OC(=O)c1ccccc1)c1ccccc1. The van der Waals surface area contributed by atoms with Crippen LogP contribution in [0.1, 0.15) is 26.9 Å². The van der Waals surface area contributed by atoms with Crippen molar-refractivity contribution in [3.63, 3.8) is 0 Å². The predicted octanol–water partition coefficient (Wildman–Crippen LogP) is 1.25. The first-order chi connectivity index (χ1) is 15.9. The van der Waals surface area contributed by atoms with E-state index in [2.05, 4.69) is 5.10 Å². The van der Waals surface area contributed by atoms with Crippen LogP contribution in [-0.2, 0) is 14.2 Å². The van der Waals surface area contributed by atoms with Gasteiger partial charge in [-0.05, 0) is 24.3 Å². The third-order valence-corrected chi connectivity index (χ3v) is 4.89. The molecule has 2 heterocycles. The van der Waals surface area contributed by atoms with Gasteiger partial charge in [0.1, 0.15) is 18.9 Å². The summed E-state index contributed by atoms with van der Waals surface area (Å²) in [5.41, 5.74) is -1.34. The lowest BCUT2D eigenvalue weighted by Crippen LogP contribution is -2.39. The maximum absolute atomic E-state index is 15.4. The summed E-state index contributed by atoms with van der Waals surface area (Å²) in [5, 5.41) is 3.61. The molecule has 2 aromatic carbocycles. The number of alkyl halides is 1. The molecule has 4 atom stereocenters. The van der Waals surface area contributed by atoms with E-state index >= 15 is 4.39 Å². The Kier molecular flexibility index (Phi) is 6.41. The molecule has 0 bridgehead atoms. The van der Waals surface area contributed by atoms with Crippen LogP contribution in [0.2, 0.25) is 0 Å². The van der Waals surface area contributed by atoms with Crippen molar-refractivity contribution in [2.75, 3.05) is 6.61 Å². The Morgan fingerprint density at radius 3 is 2.21 bits per heavy atom. The van der Waals surface area contributed by atoms with E-state index in [0.29, 0.717) is 4.68 Å². The molecule has 4 unspecified atom stereocenters. The van der Waals surface area contributed by atoms with Crippen LogP contribution >= 0.6 is 0 Å². The van der Waals surface area contributed by atoms with Gasteiger partial charge in [0.05, 0.1) is 11.1 Å². The van der Waals surface area contributed by atoms with Crippen LogP contribution in [0.25, 0.3) is 0 Å². The molecule has 0 saturated carbocycles. The van der Waals surface area contributed by atoms with Crippen LogP contribution in [-0.4, -0.2) is 51.7 Å². The zero-order valence-electron chi connectivity index (χ0n) is 17.0. The molecule has 33 heavy (non-hydrogen) atoms. The molecule has 4 rings (SSSR count). The van der Waals surface area contributed by atoms with Gasteiger partial charge in [-0.15, -0.1) is 0 Å². The number of nitrogens with one attached hydrogen (secondary N) is 1. The number of hydrogen-bond acceptors (Lipinski definition) is 8. The number of aromatic nitrogens is 3. The molecule has 0 amide bonds. The lowest BCUT2D eigenvalue weighted by molar-refractivity contribution is -0.0633. The number of nitrogens with zero attached hydrogens (tertiary/aromatic N) is 2. The highest BCUT2D eigenvalue weighted by atomic mass is 19.1. The Bertz CT molecular complexity index is 1250. The molecule has 11 heteroatoms. The van der Waals surface area contributed by atoms with Gasteiger partial charge in [-0.2, -0.15) is 9.78 Å². The summed E-state index contributed by atoms with van der Waals surface area (Å²) in [5.74, 6) is -1.51. The fraction of sp³-hybridized carbons (Fsp3) is 0.227. The minimum Gasteiger partial charge on any atom is -0.459 e. The van der Waals surface area contributed by atoms with Crippen LogP contribution in [0.5, 0.6) is 0 Å². The first-order valence-corrected chi connectivity index (χ1v) is 9.90. The van der Waals surface area contributed by atoms with E-state index in [1.165, 1.54) is 24.3 Å². The van der Waals surface area contributed by atoms with E-state index in [1.807, 2.05) is 4.98 Å². The van der Waals surface area contributed by atoms with Gasteiger partial charge in [0.15, 0.2) is 18.5 Å². The molecule has 170 valence electrons. The van der Waals surface area contributed by atoms with Crippen LogP contribution in [0.3, 0.4) is 0 Å². The molecule has 1 saturated heterocycles. The zero-order valence-corrected chi connectivity index (χ0v) is 17.0. The normalized spacial score (nSPS) is 22.0. The number of aromatic amines is 1. The summed E-state index contributed by atoms with van der Waals surface area (Å²) in [6, 6.07) is 16.0. The Labute approximate surface area is 185 Å². The zero-order chi connectivity index (χ0) is 23.4. The third-order valence-electron chi connectivity index (χ3n) is 4.89. The molecule has 1 aliphatic rings. The van der Waals surface area contributed by atoms with E-state index in [9.17, 15) is 19.2 Å². The van der Waals surface area contributed by atoms with E-state index in [4.69, 9.17) is 14.2 Å². The van der Waals surface area contributed by atoms with Gasteiger partial charge in [-0.3, -0.25) is 9.78 Å².